The van der Waals surface area contributed by atoms with Gasteiger partial charge in [0.05, 0.1) is 0 Å². The molecular formula is C16H25NO2. The minimum absolute atomic E-state index is 0.0136. The van der Waals surface area contributed by atoms with Gasteiger partial charge in [-0.25, -0.2) is 0 Å². The summed E-state index contributed by atoms with van der Waals surface area (Å²) in [5, 5.41) is 0. The predicted molar refractivity (Wildman–Crippen MR) is 75.6 cm³/mol. The highest BCUT2D eigenvalue weighted by Crippen LogP contribution is 2.65. The Balaban J connectivity index is 2.33. The lowest BCUT2D eigenvalue weighted by atomic mass is 9.70. The average molecular weight is 263 g/mol. The fourth-order valence-corrected chi connectivity index (χ4v) is 3.85. The quantitative estimate of drug-likeness (QED) is 0.734. The van der Waals surface area contributed by atoms with Crippen molar-refractivity contribution in [2.24, 2.45) is 16.7 Å². The highest BCUT2D eigenvalue weighted by atomic mass is 16.2. The van der Waals surface area contributed by atoms with E-state index in [0.717, 1.165) is 18.4 Å². The molecular weight excluding hydrogens is 238 g/mol. The molecule has 2 aliphatic carbocycles. The number of likely N-dealkylation sites (N-methyl/N-ethyl adjacent to an activating group) is 1. The molecule has 3 nitrogen and oxygen atoms in total. The van der Waals surface area contributed by atoms with E-state index < -0.39 is 0 Å². The van der Waals surface area contributed by atoms with Gasteiger partial charge in [0.15, 0.2) is 5.78 Å². The fourth-order valence-electron chi connectivity index (χ4n) is 3.85. The van der Waals surface area contributed by atoms with Crippen LogP contribution < -0.4 is 0 Å². The largest absolute Gasteiger partial charge is 0.340 e. The van der Waals surface area contributed by atoms with E-state index in [0.29, 0.717) is 13.1 Å². The van der Waals surface area contributed by atoms with Crippen LogP contribution in [0, 0.1) is 16.7 Å². The number of ketones is 1. The summed E-state index contributed by atoms with van der Waals surface area (Å²) in [6.45, 7) is 11.7. The summed E-state index contributed by atoms with van der Waals surface area (Å²) in [5.74, 6) is 0.444. The summed E-state index contributed by atoms with van der Waals surface area (Å²) >= 11 is 0. The molecule has 0 N–H and O–H groups in total. The van der Waals surface area contributed by atoms with E-state index in [1.165, 1.54) is 0 Å². The second-order valence-electron chi connectivity index (χ2n) is 6.58. The van der Waals surface area contributed by atoms with Crippen molar-refractivity contribution in [2.45, 2.75) is 47.5 Å². The number of rotatable bonds is 3. The first-order valence-corrected chi connectivity index (χ1v) is 7.35. The third-order valence-corrected chi connectivity index (χ3v) is 5.72. The topological polar surface area (TPSA) is 37.4 Å². The first-order valence-electron chi connectivity index (χ1n) is 7.35. The Morgan fingerprint density at radius 3 is 2.32 bits per heavy atom. The van der Waals surface area contributed by atoms with Crippen LogP contribution in [0.15, 0.2) is 11.6 Å². The van der Waals surface area contributed by atoms with Crippen molar-refractivity contribution in [3.05, 3.63) is 11.6 Å². The van der Waals surface area contributed by atoms with Crippen molar-refractivity contribution in [3.8, 4) is 0 Å². The van der Waals surface area contributed by atoms with Crippen molar-refractivity contribution < 1.29 is 9.59 Å². The zero-order valence-electron chi connectivity index (χ0n) is 12.7. The molecule has 2 rings (SSSR count). The minimum Gasteiger partial charge on any atom is -0.340 e. The molecule has 0 aromatic carbocycles. The summed E-state index contributed by atoms with van der Waals surface area (Å²) in [7, 11) is 0. The van der Waals surface area contributed by atoms with Gasteiger partial charge in [-0.2, -0.15) is 0 Å². The van der Waals surface area contributed by atoms with Crippen LogP contribution in [0.1, 0.15) is 47.5 Å². The third-order valence-electron chi connectivity index (χ3n) is 5.72. The van der Waals surface area contributed by atoms with Gasteiger partial charge in [0, 0.05) is 30.2 Å². The molecule has 0 radical (unpaired) electrons. The van der Waals surface area contributed by atoms with Gasteiger partial charge in [-0.15, -0.1) is 0 Å². The van der Waals surface area contributed by atoms with Crippen molar-refractivity contribution in [1.82, 2.24) is 4.90 Å². The van der Waals surface area contributed by atoms with Crippen molar-refractivity contribution in [2.75, 3.05) is 13.1 Å². The molecule has 2 atom stereocenters. The van der Waals surface area contributed by atoms with Gasteiger partial charge in [-0.3, -0.25) is 9.59 Å². The van der Waals surface area contributed by atoms with Crippen LogP contribution in [0.5, 0.6) is 0 Å². The lowest BCUT2D eigenvalue weighted by molar-refractivity contribution is -0.127. The number of hydrogen-bond donors (Lipinski definition) is 0. The standard InChI is InChI=1S/C16H25NO2/c1-6-17(7-2)13(18)10-11-12-8-9-16(5,14(11)19)15(12,3)4/h10,12H,6-9H2,1-5H3/b11-10+. The van der Waals surface area contributed by atoms with Crippen molar-refractivity contribution in [1.29, 1.82) is 0 Å². The molecule has 2 bridgehead atoms. The molecule has 3 heteroatoms. The van der Waals surface area contributed by atoms with Crippen molar-refractivity contribution >= 4 is 11.7 Å². The number of allylic oxidation sites excluding steroid dienone is 1. The molecule has 2 fully saturated rings. The Kier molecular flexibility index (Phi) is 3.36. The number of hydrogen-bond acceptors (Lipinski definition) is 2. The molecule has 0 heterocycles. The first-order chi connectivity index (χ1) is 8.79. The van der Waals surface area contributed by atoms with Gasteiger partial charge >= 0.3 is 0 Å². The van der Waals surface area contributed by atoms with E-state index in [9.17, 15) is 9.59 Å². The average Bonchev–Trinajstić information content (AvgIpc) is 2.65. The van der Waals surface area contributed by atoms with Gasteiger partial charge < -0.3 is 4.90 Å². The Labute approximate surface area is 116 Å². The number of amides is 1. The smallest absolute Gasteiger partial charge is 0.246 e. The number of Topliss-reactive ketones (excluding diaryl/α,β-unsaturated/α-hetero) is 1. The van der Waals surface area contributed by atoms with Gasteiger partial charge in [0.2, 0.25) is 5.91 Å². The SMILES string of the molecule is CCN(CC)C(=O)/C=C1/C(=O)C2(C)CCC1C2(C)C. The van der Waals surface area contributed by atoms with E-state index in [1.54, 1.807) is 11.0 Å². The van der Waals surface area contributed by atoms with Crippen LogP contribution in [0.25, 0.3) is 0 Å². The monoisotopic (exact) mass is 263 g/mol. The van der Waals surface area contributed by atoms with E-state index in [-0.39, 0.29) is 28.4 Å². The second-order valence-corrected chi connectivity index (χ2v) is 6.58. The van der Waals surface area contributed by atoms with E-state index in [4.69, 9.17) is 0 Å². The molecule has 0 aromatic rings. The van der Waals surface area contributed by atoms with Gasteiger partial charge in [0.1, 0.15) is 0 Å². The van der Waals surface area contributed by atoms with Crippen LogP contribution in [-0.4, -0.2) is 29.7 Å². The summed E-state index contributed by atoms with van der Waals surface area (Å²) in [5.41, 5.74) is 0.489. The molecule has 0 spiro atoms. The second kappa shape index (κ2) is 4.46. The highest BCUT2D eigenvalue weighted by Gasteiger charge is 2.64. The predicted octanol–water partition coefficient (Wildman–Crippen LogP) is 2.81. The number of carbonyl (C=O) groups is 2. The van der Waals surface area contributed by atoms with E-state index in [1.807, 2.05) is 13.8 Å². The van der Waals surface area contributed by atoms with Crippen LogP contribution >= 0.6 is 0 Å². The van der Waals surface area contributed by atoms with E-state index >= 15 is 0 Å². The number of carbonyl (C=O) groups excluding carboxylic acids is 2. The molecule has 2 saturated carbocycles. The lowest BCUT2D eigenvalue weighted by Gasteiger charge is -2.31. The van der Waals surface area contributed by atoms with Crippen LogP contribution in [0.3, 0.4) is 0 Å². The highest BCUT2D eigenvalue weighted by molar-refractivity contribution is 6.08. The molecule has 0 aromatic heterocycles. The maximum atomic E-state index is 12.6. The molecule has 106 valence electrons. The zero-order valence-corrected chi connectivity index (χ0v) is 12.7. The Morgan fingerprint density at radius 1 is 1.32 bits per heavy atom. The molecule has 2 unspecified atom stereocenters. The van der Waals surface area contributed by atoms with Gasteiger partial charge in [-0.05, 0) is 38.0 Å². The summed E-state index contributed by atoms with van der Waals surface area (Å²) in [6, 6.07) is 0. The van der Waals surface area contributed by atoms with Gasteiger partial charge in [-0.1, -0.05) is 20.8 Å². The fraction of sp³-hybridized carbons (Fsp3) is 0.750. The summed E-state index contributed by atoms with van der Waals surface area (Å²) in [6.07, 6.45) is 3.61. The molecule has 0 aliphatic heterocycles. The maximum absolute atomic E-state index is 12.6. The zero-order chi connectivity index (χ0) is 14.4. The minimum atomic E-state index is -0.271. The summed E-state index contributed by atoms with van der Waals surface area (Å²) in [4.78, 5) is 26.6. The maximum Gasteiger partial charge on any atom is 0.246 e. The number of nitrogens with zero attached hydrogens (tertiary/aromatic N) is 1. The summed E-state index contributed by atoms with van der Waals surface area (Å²) < 4.78 is 0. The third kappa shape index (κ3) is 1.78. The van der Waals surface area contributed by atoms with Crippen LogP contribution in [0.4, 0.5) is 0 Å². The Bertz CT molecular complexity index is 446. The van der Waals surface area contributed by atoms with E-state index in [2.05, 4.69) is 20.8 Å². The molecule has 2 aliphatic rings. The Hall–Kier alpha value is -1.12. The van der Waals surface area contributed by atoms with Gasteiger partial charge in [0.25, 0.3) is 0 Å². The first kappa shape index (κ1) is 14.3. The normalized spacial score (nSPS) is 34.1. The van der Waals surface area contributed by atoms with Crippen LogP contribution in [-0.2, 0) is 9.59 Å². The van der Waals surface area contributed by atoms with Crippen molar-refractivity contribution in [3.63, 3.8) is 0 Å². The molecule has 0 saturated heterocycles. The number of fused-ring (bicyclic) bond motifs is 2. The van der Waals surface area contributed by atoms with Crippen LogP contribution in [0.2, 0.25) is 0 Å². The Morgan fingerprint density at radius 2 is 1.89 bits per heavy atom. The molecule has 19 heavy (non-hydrogen) atoms. The molecule has 1 amide bonds. The lowest BCUT2D eigenvalue weighted by Crippen LogP contribution is -2.33.